The molecule has 0 N–H and O–H groups in total. The second-order valence-corrected chi connectivity index (χ2v) is 11.4. The fraction of sp³-hybridized carbons (Fsp3) is 0.0870. The summed E-state index contributed by atoms with van der Waals surface area (Å²) in [7, 11) is 0. The normalized spacial score (nSPS) is 12.6. The number of halogens is 6. The van der Waals surface area contributed by atoms with Crippen molar-refractivity contribution >= 4 is 92.5 Å². The Balaban J connectivity index is 1.83. The summed E-state index contributed by atoms with van der Waals surface area (Å²) in [5.74, 6) is -0.0517. The van der Waals surface area contributed by atoms with E-state index in [1.807, 2.05) is 60.7 Å². The van der Waals surface area contributed by atoms with Gasteiger partial charge in [-0.05, 0) is 21.9 Å². The van der Waals surface area contributed by atoms with Gasteiger partial charge in [-0.3, -0.25) is 0 Å². The minimum Gasteiger partial charge on any atom is -0.209 e. The highest BCUT2D eigenvalue weighted by molar-refractivity contribution is 6.67. The van der Waals surface area contributed by atoms with Crippen LogP contribution in [0.1, 0.15) is 22.8 Å². The van der Waals surface area contributed by atoms with Gasteiger partial charge in [0, 0.05) is 5.56 Å². The molecule has 1 heterocycles. The molecule has 9 heteroatoms. The highest BCUT2D eigenvalue weighted by Crippen LogP contribution is 2.41. The van der Waals surface area contributed by atoms with Crippen molar-refractivity contribution in [1.29, 1.82) is 0 Å². The number of hydrogen-bond donors (Lipinski definition) is 0. The third-order valence-corrected chi connectivity index (χ3v) is 5.62. The maximum absolute atomic E-state index is 6.01. The van der Waals surface area contributed by atoms with Crippen molar-refractivity contribution in [1.82, 2.24) is 15.0 Å². The predicted molar refractivity (Wildman–Crippen MR) is 137 cm³/mol. The summed E-state index contributed by atoms with van der Waals surface area (Å²) >= 11 is 36.1. The molecular formula is C23H13Cl6N3. The highest BCUT2D eigenvalue weighted by Gasteiger charge is 2.34. The Morgan fingerprint density at radius 3 is 1.78 bits per heavy atom. The van der Waals surface area contributed by atoms with Gasteiger partial charge in [0.05, 0.1) is 0 Å². The van der Waals surface area contributed by atoms with Gasteiger partial charge in [0.25, 0.3) is 0 Å². The Morgan fingerprint density at radius 1 is 0.562 bits per heavy atom. The summed E-state index contributed by atoms with van der Waals surface area (Å²) in [5, 5.41) is 2.29. The van der Waals surface area contributed by atoms with Gasteiger partial charge in [0.15, 0.2) is 17.5 Å². The standard InChI is InChI=1S/C23H13Cl6N3/c24-22(25,26)20-30-19(31-21(32-20)23(27,28)29)18-11-4-2-7-16(18)13-12-15-9-5-8-14-6-1-3-10-17(14)15/h1-13H. The minimum atomic E-state index is -1.92. The van der Waals surface area contributed by atoms with E-state index in [1.165, 1.54) is 0 Å². The maximum Gasteiger partial charge on any atom is 0.250 e. The highest BCUT2D eigenvalue weighted by atomic mass is 35.6. The van der Waals surface area contributed by atoms with E-state index in [9.17, 15) is 0 Å². The van der Waals surface area contributed by atoms with Gasteiger partial charge in [-0.1, -0.05) is 148 Å². The Hall–Kier alpha value is -1.59. The third kappa shape index (κ3) is 5.31. The largest absolute Gasteiger partial charge is 0.250 e. The van der Waals surface area contributed by atoms with Crippen molar-refractivity contribution in [2.45, 2.75) is 7.59 Å². The van der Waals surface area contributed by atoms with Crippen LogP contribution in [0, 0.1) is 0 Å². The first-order valence-corrected chi connectivity index (χ1v) is 11.6. The van der Waals surface area contributed by atoms with Crippen LogP contribution >= 0.6 is 69.6 Å². The number of fused-ring (bicyclic) bond motifs is 1. The van der Waals surface area contributed by atoms with Crippen molar-refractivity contribution in [3.63, 3.8) is 0 Å². The molecule has 0 atom stereocenters. The zero-order chi connectivity index (χ0) is 22.9. The van der Waals surface area contributed by atoms with Crippen LogP contribution in [0.4, 0.5) is 0 Å². The van der Waals surface area contributed by atoms with E-state index in [2.05, 4.69) is 33.2 Å². The first-order chi connectivity index (χ1) is 15.1. The van der Waals surface area contributed by atoms with Crippen molar-refractivity contribution in [2.75, 3.05) is 0 Å². The molecule has 0 aliphatic rings. The molecule has 3 nitrogen and oxygen atoms in total. The molecule has 0 amide bonds. The average molecular weight is 544 g/mol. The van der Waals surface area contributed by atoms with E-state index in [-0.39, 0.29) is 17.5 Å². The lowest BCUT2D eigenvalue weighted by atomic mass is 10.0. The molecule has 4 aromatic rings. The van der Waals surface area contributed by atoms with Gasteiger partial charge in [-0.2, -0.15) is 0 Å². The van der Waals surface area contributed by atoms with Gasteiger partial charge in [-0.15, -0.1) is 0 Å². The van der Waals surface area contributed by atoms with E-state index in [0.29, 0.717) is 5.56 Å². The van der Waals surface area contributed by atoms with Crippen LogP contribution in [0.2, 0.25) is 0 Å². The fourth-order valence-electron chi connectivity index (χ4n) is 3.17. The van der Waals surface area contributed by atoms with Crippen LogP contribution in [-0.2, 0) is 7.59 Å². The second-order valence-electron chi connectivity index (χ2n) is 6.79. The SMILES string of the molecule is ClC(Cl)(Cl)c1nc(-c2ccccc2C=Cc2cccc3ccccc23)nc(C(Cl)(Cl)Cl)n1. The number of nitrogens with zero attached hydrogens (tertiary/aromatic N) is 3. The topological polar surface area (TPSA) is 38.7 Å². The van der Waals surface area contributed by atoms with Gasteiger partial charge < -0.3 is 0 Å². The number of rotatable bonds is 3. The van der Waals surface area contributed by atoms with E-state index in [0.717, 1.165) is 21.9 Å². The minimum absolute atomic E-state index is 0.137. The Morgan fingerprint density at radius 2 is 1.09 bits per heavy atom. The summed E-state index contributed by atoms with van der Waals surface area (Å²) in [5.41, 5.74) is 2.56. The molecule has 4 rings (SSSR count). The van der Waals surface area contributed by atoms with Gasteiger partial charge in [0.2, 0.25) is 7.59 Å². The van der Waals surface area contributed by atoms with Crippen LogP contribution in [0.15, 0.2) is 66.7 Å². The molecule has 32 heavy (non-hydrogen) atoms. The molecule has 0 fully saturated rings. The second kappa shape index (κ2) is 9.34. The number of aromatic nitrogens is 3. The van der Waals surface area contributed by atoms with E-state index < -0.39 is 7.59 Å². The van der Waals surface area contributed by atoms with E-state index in [1.54, 1.807) is 0 Å². The number of alkyl halides is 6. The third-order valence-electron chi connectivity index (χ3n) is 4.61. The van der Waals surface area contributed by atoms with Gasteiger partial charge in [0.1, 0.15) is 0 Å². The average Bonchev–Trinajstić information content (AvgIpc) is 2.76. The lowest BCUT2D eigenvalue weighted by Crippen LogP contribution is -2.17. The number of hydrogen-bond acceptors (Lipinski definition) is 3. The summed E-state index contributed by atoms with van der Waals surface area (Å²) in [6.07, 6.45) is 3.99. The first-order valence-electron chi connectivity index (χ1n) is 9.28. The van der Waals surface area contributed by atoms with E-state index >= 15 is 0 Å². The molecule has 0 saturated carbocycles. The Bertz CT molecular complexity index is 1270. The smallest absolute Gasteiger partial charge is 0.209 e. The fourth-order valence-corrected chi connectivity index (χ4v) is 3.68. The molecule has 0 bridgehead atoms. The summed E-state index contributed by atoms with van der Waals surface area (Å²) in [4.78, 5) is 12.7. The molecular weight excluding hydrogens is 531 g/mol. The number of benzene rings is 3. The zero-order valence-electron chi connectivity index (χ0n) is 16.1. The molecule has 0 spiro atoms. The molecule has 0 radical (unpaired) electrons. The molecule has 3 aromatic carbocycles. The Labute approximate surface area is 214 Å². The molecule has 162 valence electrons. The molecule has 0 saturated heterocycles. The van der Waals surface area contributed by atoms with Crippen LogP contribution in [-0.4, -0.2) is 15.0 Å². The summed E-state index contributed by atoms with van der Waals surface area (Å²) in [6.45, 7) is 0. The van der Waals surface area contributed by atoms with Gasteiger partial charge in [-0.25, -0.2) is 15.0 Å². The molecule has 1 aromatic heterocycles. The molecule has 0 aliphatic carbocycles. The van der Waals surface area contributed by atoms with Crippen molar-refractivity contribution in [3.8, 4) is 11.4 Å². The van der Waals surface area contributed by atoms with Crippen molar-refractivity contribution in [3.05, 3.63) is 89.5 Å². The van der Waals surface area contributed by atoms with E-state index in [4.69, 9.17) is 69.6 Å². The lowest BCUT2D eigenvalue weighted by Gasteiger charge is -2.16. The zero-order valence-corrected chi connectivity index (χ0v) is 20.7. The summed E-state index contributed by atoms with van der Waals surface area (Å²) in [6, 6.07) is 21.8. The van der Waals surface area contributed by atoms with Crippen molar-refractivity contribution < 1.29 is 0 Å². The van der Waals surface area contributed by atoms with Crippen LogP contribution < -0.4 is 0 Å². The monoisotopic (exact) mass is 541 g/mol. The maximum atomic E-state index is 6.01. The molecule has 0 unspecified atom stereocenters. The van der Waals surface area contributed by atoms with Gasteiger partial charge >= 0.3 is 0 Å². The van der Waals surface area contributed by atoms with Crippen LogP contribution in [0.25, 0.3) is 34.3 Å². The predicted octanol–water partition coefficient (Wildman–Crippen LogP) is 8.52. The van der Waals surface area contributed by atoms with Crippen LogP contribution in [0.5, 0.6) is 0 Å². The lowest BCUT2D eigenvalue weighted by molar-refractivity contribution is 0.851. The Kier molecular flexibility index (Phi) is 6.88. The first kappa shape index (κ1) is 23.6. The van der Waals surface area contributed by atoms with Crippen molar-refractivity contribution in [2.24, 2.45) is 0 Å². The quantitative estimate of drug-likeness (QED) is 0.192. The molecule has 0 aliphatic heterocycles. The van der Waals surface area contributed by atoms with Crippen LogP contribution in [0.3, 0.4) is 0 Å². The summed E-state index contributed by atoms with van der Waals surface area (Å²) < 4.78 is -3.84.